The number of hydrogen-bond acceptors (Lipinski definition) is 2. The van der Waals surface area contributed by atoms with Crippen molar-refractivity contribution in [1.29, 1.82) is 0 Å². The molecule has 3 nitrogen and oxygen atoms in total. The van der Waals surface area contributed by atoms with Gasteiger partial charge in [0.2, 0.25) is 0 Å². The molecule has 154 valence electrons. The van der Waals surface area contributed by atoms with Gasteiger partial charge < -0.3 is 0 Å². The molecule has 0 bridgehead atoms. The van der Waals surface area contributed by atoms with Crippen molar-refractivity contribution in [2.24, 2.45) is 11.0 Å². The minimum absolute atomic E-state index is 0.109. The lowest BCUT2D eigenvalue weighted by atomic mass is 9.77. The molecule has 0 radical (unpaired) electrons. The second kappa shape index (κ2) is 8.52. The summed E-state index contributed by atoms with van der Waals surface area (Å²) in [6.45, 7) is 0. The number of fused-ring (bicyclic) bond motifs is 1. The van der Waals surface area contributed by atoms with Crippen molar-refractivity contribution < 1.29 is 4.79 Å². The van der Waals surface area contributed by atoms with Crippen molar-refractivity contribution in [2.45, 2.75) is 25.3 Å². The number of amides is 1. The van der Waals surface area contributed by atoms with E-state index in [1.807, 2.05) is 42.5 Å². The fourth-order valence-corrected chi connectivity index (χ4v) is 4.85. The van der Waals surface area contributed by atoms with Gasteiger partial charge in [0, 0.05) is 16.5 Å². The highest BCUT2D eigenvalue weighted by Gasteiger charge is 2.43. The molecule has 1 fully saturated rings. The average Bonchev–Trinajstić information content (AvgIpc) is 3.20. The molecule has 1 aliphatic carbocycles. The number of nitrogens with zero attached hydrogens (tertiary/aromatic N) is 2. The van der Waals surface area contributed by atoms with E-state index < -0.39 is 0 Å². The average molecular weight is 427 g/mol. The molecule has 1 saturated carbocycles. The first kappa shape index (κ1) is 19.8. The molecule has 1 heterocycles. The second-order valence-corrected chi connectivity index (χ2v) is 8.52. The van der Waals surface area contributed by atoms with Gasteiger partial charge in [-0.15, -0.1) is 0 Å². The zero-order valence-corrected chi connectivity index (χ0v) is 17.9. The first-order valence-electron chi connectivity index (χ1n) is 10.7. The summed E-state index contributed by atoms with van der Waals surface area (Å²) in [5, 5.41) is 7.18. The van der Waals surface area contributed by atoms with Crippen LogP contribution < -0.4 is 0 Å². The number of carbonyl (C=O) groups is 1. The first-order chi connectivity index (χ1) is 15.2. The van der Waals surface area contributed by atoms with Gasteiger partial charge in [0.25, 0.3) is 5.91 Å². The molecule has 3 aromatic carbocycles. The molecule has 2 atom stereocenters. The van der Waals surface area contributed by atoms with Gasteiger partial charge in [0.05, 0.1) is 11.8 Å². The van der Waals surface area contributed by atoms with Gasteiger partial charge >= 0.3 is 0 Å². The molecule has 0 saturated heterocycles. The first-order valence-corrected chi connectivity index (χ1v) is 11.1. The van der Waals surface area contributed by atoms with Crippen LogP contribution in [0.5, 0.6) is 0 Å². The summed E-state index contributed by atoms with van der Waals surface area (Å²) in [5.41, 5.74) is 5.11. The highest BCUT2D eigenvalue weighted by molar-refractivity contribution is 6.31. The number of benzene rings is 3. The molecule has 5 rings (SSSR count). The van der Waals surface area contributed by atoms with Crippen molar-refractivity contribution in [3.8, 4) is 0 Å². The molecule has 4 heteroatoms. The topological polar surface area (TPSA) is 32.7 Å². The molecule has 0 aromatic heterocycles. The quantitative estimate of drug-likeness (QED) is 0.454. The molecule has 1 amide bonds. The highest BCUT2D eigenvalue weighted by Crippen LogP contribution is 2.44. The summed E-state index contributed by atoms with van der Waals surface area (Å²) < 4.78 is 0. The number of halogens is 1. The zero-order chi connectivity index (χ0) is 21.2. The van der Waals surface area contributed by atoms with Crippen molar-refractivity contribution >= 4 is 29.3 Å². The third kappa shape index (κ3) is 3.94. The van der Waals surface area contributed by atoms with Crippen LogP contribution in [0.2, 0.25) is 5.02 Å². The van der Waals surface area contributed by atoms with Gasteiger partial charge in [-0.2, -0.15) is 5.10 Å². The minimum atomic E-state index is -0.114. The maximum atomic E-state index is 13.5. The fraction of sp³-hybridized carbons (Fsp3) is 0.185. The SMILES string of the molecule is O=C(c1cccc(Cl)c1)N1N=C2/C(=C/c3ccccc3)CCC[C@@H]2[C@@H]1c1ccccc1. The van der Waals surface area contributed by atoms with E-state index in [2.05, 4.69) is 30.3 Å². The van der Waals surface area contributed by atoms with Gasteiger partial charge in [0.1, 0.15) is 0 Å². The summed E-state index contributed by atoms with van der Waals surface area (Å²) in [4.78, 5) is 13.5. The molecule has 0 spiro atoms. The van der Waals surface area contributed by atoms with Crippen molar-refractivity contribution in [3.63, 3.8) is 0 Å². The number of allylic oxidation sites excluding steroid dienone is 1. The predicted molar refractivity (Wildman–Crippen MR) is 126 cm³/mol. The Morgan fingerprint density at radius 2 is 1.71 bits per heavy atom. The van der Waals surface area contributed by atoms with Crippen LogP contribution in [0, 0.1) is 5.92 Å². The van der Waals surface area contributed by atoms with Gasteiger partial charge in [-0.25, -0.2) is 5.01 Å². The smallest absolute Gasteiger partial charge is 0.267 e. The number of rotatable bonds is 3. The third-order valence-electron chi connectivity index (χ3n) is 6.06. The lowest BCUT2D eigenvalue weighted by molar-refractivity contribution is 0.0681. The van der Waals surface area contributed by atoms with Crippen LogP contribution in [0.1, 0.15) is 46.8 Å². The molecule has 3 aromatic rings. The minimum Gasteiger partial charge on any atom is -0.267 e. The van der Waals surface area contributed by atoms with E-state index in [0.29, 0.717) is 10.6 Å². The Hall–Kier alpha value is -3.17. The zero-order valence-electron chi connectivity index (χ0n) is 17.1. The Bertz CT molecular complexity index is 1150. The molecule has 0 N–H and O–H groups in total. The number of hydrogen-bond donors (Lipinski definition) is 0. The van der Waals surface area contributed by atoms with E-state index in [4.69, 9.17) is 16.7 Å². The molecule has 0 unspecified atom stereocenters. The van der Waals surface area contributed by atoms with Crippen molar-refractivity contribution in [2.75, 3.05) is 0 Å². The normalized spacial score (nSPS) is 21.6. The Balaban J connectivity index is 1.58. The molecular formula is C27H23ClN2O. The monoisotopic (exact) mass is 426 g/mol. The highest BCUT2D eigenvalue weighted by atomic mass is 35.5. The van der Waals surface area contributed by atoms with Gasteiger partial charge in [-0.3, -0.25) is 4.79 Å². The number of carbonyl (C=O) groups excluding carboxylic acids is 1. The molecule has 2 aliphatic rings. The molecule has 1 aliphatic heterocycles. The Labute approximate surface area is 187 Å². The fourth-order valence-electron chi connectivity index (χ4n) is 4.66. The van der Waals surface area contributed by atoms with Gasteiger partial charge in [0.15, 0.2) is 0 Å². The van der Waals surface area contributed by atoms with Crippen LogP contribution >= 0.6 is 11.6 Å². The van der Waals surface area contributed by atoms with Gasteiger partial charge in [-0.1, -0.05) is 78.3 Å². The van der Waals surface area contributed by atoms with E-state index in [9.17, 15) is 4.79 Å². The van der Waals surface area contributed by atoms with Crippen LogP contribution in [0.15, 0.2) is 95.6 Å². The van der Waals surface area contributed by atoms with Gasteiger partial charge in [-0.05, 0) is 60.2 Å². The van der Waals surface area contributed by atoms with Crippen molar-refractivity contribution in [1.82, 2.24) is 5.01 Å². The van der Waals surface area contributed by atoms with Crippen LogP contribution in [-0.4, -0.2) is 16.6 Å². The van der Waals surface area contributed by atoms with Crippen LogP contribution in [-0.2, 0) is 0 Å². The van der Waals surface area contributed by atoms with Crippen LogP contribution in [0.4, 0.5) is 0 Å². The summed E-state index contributed by atoms with van der Waals surface area (Å²) in [5.74, 6) is 0.0755. The van der Waals surface area contributed by atoms with E-state index >= 15 is 0 Å². The predicted octanol–water partition coefficient (Wildman–Crippen LogP) is 6.78. The van der Waals surface area contributed by atoms with E-state index in [0.717, 1.165) is 36.1 Å². The maximum absolute atomic E-state index is 13.5. The summed E-state index contributed by atoms with van der Waals surface area (Å²) >= 11 is 6.17. The lowest BCUT2D eigenvalue weighted by Crippen LogP contribution is -2.31. The summed E-state index contributed by atoms with van der Waals surface area (Å²) in [6.07, 6.45) is 5.31. The van der Waals surface area contributed by atoms with Crippen LogP contribution in [0.3, 0.4) is 0 Å². The van der Waals surface area contributed by atoms with E-state index in [1.165, 1.54) is 5.57 Å². The standard InChI is InChI=1S/C27H23ClN2O/c28-23-15-7-14-22(18-23)27(31)30-26(20-11-5-2-6-12-20)24-16-8-13-21(25(24)29-30)17-19-9-3-1-4-10-19/h1-7,9-12,14-15,17-18,24,26H,8,13,16H2/b21-17+/t24-,26-/m0/s1. The van der Waals surface area contributed by atoms with Crippen LogP contribution in [0.25, 0.3) is 6.08 Å². The molecular weight excluding hydrogens is 404 g/mol. The Kier molecular flexibility index (Phi) is 5.44. The van der Waals surface area contributed by atoms with E-state index in [1.54, 1.807) is 23.2 Å². The number of hydrazone groups is 1. The van der Waals surface area contributed by atoms with Crippen molar-refractivity contribution in [3.05, 3.63) is 112 Å². The summed E-state index contributed by atoms with van der Waals surface area (Å²) in [7, 11) is 0. The lowest BCUT2D eigenvalue weighted by Gasteiger charge is -2.29. The Morgan fingerprint density at radius 3 is 2.45 bits per heavy atom. The third-order valence-corrected chi connectivity index (χ3v) is 6.30. The largest absolute Gasteiger partial charge is 0.274 e. The Morgan fingerprint density at radius 1 is 0.968 bits per heavy atom. The summed E-state index contributed by atoms with van der Waals surface area (Å²) in [6, 6.07) is 27.6. The second-order valence-electron chi connectivity index (χ2n) is 8.08. The maximum Gasteiger partial charge on any atom is 0.274 e. The van der Waals surface area contributed by atoms with E-state index in [-0.39, 0.29) is 17.9 Å². The molecule has 31 heavy (non-hydrogen) atoms.